The average Bonchev–Trinajstić information content (AvgIpc) is 2.60. The monoisotopic (exact) mass is 376 g/mol. The number of hydrogen-bond donors (Lipinski definition) is 1. The maximum absolute atomic E-state index is 13.3. The largest absolute Gasteiger partial charge is 0.272 e. The molecule has 0 bridgehead atoms. The normalized spacial score (nSPS) is 11.4. The van der Waals surface area contributed by atoms with E-state index in [0.717, 1.165) is 0 Å². The van der Waals surface area contributed by atoms with E-state index in [1.165, 1.54) is 5.43 Å². The molecule has 0 amide bonds. The van der Waals surface area contributed by atoms with Gasteiger partial charge in [0.1, 0.15) is 5.69 Å². The van der Waals surface area contributed by atoms with Gasteiger partial charge in [0.2, 0.25) is 11.6 Å². The number of hydrazone groups is 1. The molecule has 1 N–H and O–H groups in total. The molecule has 0 aliphatic carbocycles. The molecule has 0 aliphatic heterocycles. The molecule has 0 fully saturated rings. The van der Waals surface area contributed by atoms with Crippen molar-refractivity contribution >= 4 is 11.9 Å². The van der Waals surface area contributed by atoms with E-state index in [4.69, 9.17) is 0 Å². The first-order valence-corrected chi connectivity index (χ1v) is 5.91. The molecule has 0 aromatic heterocycles. The average molecular weight is 376 g/mol. The van der Waals surface area contributed by atoms with Crippen molar-refractivity contribution in [3.05, 3.63) is 63.7 Å². The van der Waals surface area contributed by atoms with Gasteiger partial charge in [-0.25, -0.2) is 43.9 Å². The zero-order valence-corrected chi connectivity index (χ0v) is 11.3. The molecule has 2 aromatic carbocycles. The van der Waals surface area contributed by atoms with Crippen molar-refractivity contribution in [3.63, 3.8) is 0 Å². The van der Waals surface area contributed by atoms with Gasteiger partial charge in [-0.15, -0.1) is 0 Å². The van der Waals surface area contributed by atoms with E-state index >= 15 is 0 Å². The molecule has 134 valence electrons. The molecule has 0 radical (unpaired) electrons. The smallest absolute Gasteiger partial charge is 0.200 e. The van der Waals surface area contributed by atoms with Crippen LogP contribution in [-0.4, -0.2) is 6.21 Å². The van der Waals surface area contributed by atoms with E-state index in [1.807, 2.05) is 0 Å². The van der Waals surface area contributed by atoms with Crippen molar-refractivity contribution in [3.8, 4) is 0 Å². The van der Waals surface area contributed by atoms with Crippen LogP contribution in [0.4, 0.5) is 49.6 Å². The lowest BCUT2D eigenvalue weighted by Gasteiger charge is -2.07. The second kappa shape index (κ2) is 6.61. The lowest BCUT2D eigenvalue weighted by atomic mass is 10.2. The van der Waals surface area contributed by atoms with Crippen molar-refractivity contribution in [2.24, 2.45) is 5.10 Å². The Labute approximate surface area is 131 Å². The third-order valence-corrected chi connectivity index (χ3v) is 2.82. The summed E-state index contributed by atoms with van der Waals surface area (Å²) in [7, 11) is 0. The van der Waals surface area contributed by atoms with Crippen molar-refractivity contribution < 1.29 is 43.9 Å². The van der Waals surface area contributed by atoms with Gasteiger partial charge in [0, 0.05) is 0 Å². The number of hydrogen-bond acceptors (Lipinski definition) is 2. The Morgan fingerprint density at radius 2 is 0.800 bits per heavy atom. The third-order valence-electron chi connectivity index (χ3n) is 2.82. The maximum atomic E-state index is 13.3. The molecule has 2 nitrogen and oxygen atoms in total. The number of nitrogens with one attached hydrogen (secondary N) is 1. The minimum atomic E-state index is -2.47. The van der Waals surface area contributed by atoms with Crippen LogP contribution in [0, 0.1) is 58.2 Å². The first-order valence-electron chi connectivity index (χ1n) is 5.91. The molecule has 0 saturated heterocycles. The van der Waals surface area contributed by atoms with Crippen LogP contribution in [0.5, 0.6) is 0 Å². The number of anilines is 1. The van der Waals surface area contributed by atoms with Gasteiger partial charge >= 0.3 is 0 Å². The molecule has 0 spiro atoms. The summed E-state index contributed by atoms with van der Waals surface area (Å²) in [6, 6.07) is 0. The number of halogens is 10. The zero-order chi connectivity index (χ0) is 19.0. The lowest BCUT2D eigenvalue weighted by molar-refractivity contribution is 0.377. The lowest BCUT2D eigenvalue weighted by Crippen LogP contribution is -2.09. The Bertz CT molecular complexity index is 835. The van der Waals surface area contributed by atoms with Gasteiger partial charge in [-0.3, -0.25) is 5.43 Å². The Balaban J connectivity index is 2.45. The number of rotatable bonds is 3. The first kappa shape index (κ1) is 18.5. The molecule has 12 heteroatoms. The van der Waals surface area contributed by atoms with Gasteiger partial charge < -0.3 is 0 Å². The van der Waals surface area contributed by atoms with Gasteiger partial charge in [0.15, 0.2) is 46.5 Å². The highest BCUT2D eigenvalue weighted by Crippen LogP contribution is 2.27. The molecule has 0 saturated carbocycles. The highest BCUT2D eigenvalue weighted by atomic mass is 19.2. The highest BCUT2D eigenvalue weighted by molar-refractivity contribution is 5.81. The molecular formula is C13H2F10N2. The molecular weight excluding hydrogens is 374 g/mol. The van der Waals surface area contributed by atoms with Gasteiger partial charge in [0.05, 0.1) is 11.8 Å². The van der Waals surface area contributed by atoms with Crippen molar-refractivity contribution in [2.75, 3.05) is 5.43 Å². The van der Waals surface area contributed by atoms with E-state index in [9.17, 15) is 43.9 Å². The predicted molar refractivity (Wildman–Crippen MR) is 63.7 cm³/mol. The number of benzene rings is 2. The van der Waals surface area contributed by atoms with Gasteiger partial charge in [-0.05, 0) is 0 Å². The van der Waals surface area contributed by atoms with E-state index in [-0.39, 0.29) is 6.21 Å². The second-order valence-electron chi connectivity index (χ2n) is 4.30. The molecule has 2 aromatic rings. The summed E-state index contributed by atoms with van der Waals surface area (Å²) in [6.45, 7) is 0. The van der Waals surface area contributed by atoms with Gasteiger partial charge in [-0.1, -0.05) is 0 Å². The Hall–Kier alpha value is -2.79. The zero-order valence-electron chi connectivity index (χ0n) is 11.3. The van der Waals surface area contributed by atoms with Crippen LogP contribution < -0.4 is 5.43 Å². The van der Waals surface area contributed by atoms with Crippen LogP contribution in [0.3, 0.4) is 0 Å². The maximum Gasteiger partial charge on any atom is 0.200 e. The second-order valence-corrected chi connectivity index (χ2v) is 4.30. The first-order chi connectivity index (χ1) is 11.6. The van der Waals surface area contributed by atoms with Crippen LogP contribution in [0.15, 0.2) is 5.10 Å². The van der Waals surface area contributed by atoms with E-state index in [2.05, 4.69) is 5.10 Å². The van der Waals surface area contributed by atoms with Crippen LogP contribution in [0.2, 0.25) is 0 Å². The summed E-state index contributed by atoms with van der Waals surface area (Å²) in [5, 5.41) is 2.73. The van der Waals surface area contributed by atoms with Crippen molar-refractivity contribution in [1.82, 2.24) is 0 Å². The molecule has 0 heterocycles. The molecule has 2 rings (SSSR count). The van der Waals surface area contributed by atoms with Crippen molar-refractivity contribution in [1.29, 1.82) is 0 Å². The number of nitrogens with zero attached hydrogens (tertiary/aromatic N) is 1. The Morgan fingerprint density at radius 3 is 1.20 bits per heavy atom. The fourth-order valence-corrected chi connectivity index (χ4v) is 1.60. The molecule has 25 heavy (non-hydrogen) atoms. The summed E-state index contributed by atoms with van der Waals surface area (Å²) in [6.07, 6.45) is -0.0890. The van der Waals surface area contributed by atoms with E-state index in [1.54, 1.807) is 0 Å². The molecule has 0 aliphatic rings. The summed E-state index contributed by atoms with van der Waals surface area (Å²) in [5.41, 5.74) is -2.05. The van der Waals surface area contributed by atoms with E-state index in [0.29, 0.717) is 0 Å². The van der Waals surface area contributed by atoms with Crippen LogP contribution >= 0.6 is 0 Å². The topological polar surface area (TPSA) is 24.4 Å². The molecule has 0 atom stereocenters. The molecule has 0 unspecified atom stereocenters. The fourth-order valence-electron chi connectivity index (χ4n) is 1.60. The quantitative estimate of drug-likeness (QED) is 0.275. The van der Waals surface area contributed by atoms with Gasteiger partial charge in [0.25, 0.3) is 0 Å². The minimum absolute atomic E-state index is 0.0890. The summed E-state index contributed by atoms with van der Waals surface area (Å²) < 4.78 is 131. The van der Waals surface area contributed by atoms with Crippen LogP contribution in [0.25, 0.3) is 0 Å². The van der Waals surface area contributed by atoms with Gasteiger partial charge in [-0.2, -0.15) is 5.10 Å². The third kappa shape index (κ3) is 2.98. The minimum Gasteiger partial charge on any atom is -0.272 e. The van der Waals surface area contributed by atoms with Crippen molar-refractivity contribution in [2.45, 2.75) is 0 Å². The summed E-state index contributed by atoms with van der Waals surface area (Å²) in [4.78, 5) is 0. The fraction of sp³-hybridized carbons (Fsp3) is 0. The summed E-state index contributed by atoms with van der Waals surface area (Å²) >= 11 is 0. The summed E-state index contributed by atoms with van der Waals surface area (Å²) in [5.74, 6) is -23.6. The highest BCUT2D eigenvalue weighted by Gasteiger charge is 2.26. The predicted octanol–water partition coefficient (Wildman–Crippen LogP) is 4.52. The van der Waals surface area contributed by atoms with Crippen LogP contribution in [0.1, 0.15) is 5.56 Å². The Morgan fingerprint density at radius 1 is 0.480 bits per heavy atom. The Kier molecular flexibility index (Phi) is 4.90. The SMILES string of the molecule is Fc1c(F)c(F)c(/C=N\Nc2c(F)c(F)c(F)c(F)c2F)c(F)c1F. The van der Waals surface area contributed by atoms with Crippen LogP contribution in [-0.2, 0) is 0 Å². The van der Waals surface area contributed by atoms with E-state index < -0.39 is 69.4 Å². The standard InChI is InChI=1S/C13H2F10N2/c14-3-2(4(15)6(17)7(18)5(3)16)1-24-25-13-11(22)9(20)8(19)10(21)12(13)23/h1,25H/b24-1-.